The van der Waals surface area contributed by atoms with Crippen molar-refractivity contribution in [3.63, 3.8) is 0 Å². The Balaban J connectivity index is 3.58. The lowest BCUT2D eigenvalue weighted by molar-refractivity contribution is 0.195. The van der Waals surface area contributed by atoms with E-state index < -0.39 is 0 Å². The smallest absolute Gasteiger partial charge is 0.0597 e. The minimum absolute atomic E-state index is 0.203. The monoisotopic (exact) mass is 174 g/mol. The molecule has 0 amide bonds. The van der Waals surface area contributed by atoms with Gasteiger partial charge in [0, 0.05) is 19.1 Å². The van der Waals surface area contributed by atoms with Crippen molar-refractivity contribution >= 4 is 0 Å². The number of aliphatic hydroxyl groups is 1. The minimum atomic E-state index is 0.203. The molecule has 0 rings (SSSR count). The third kappa shape index (κ3) is 5.52. The van der Waals surface area contributed by atoms with Gasteiger partial charge in [-0.15, -0.1) is 0 Å². The van der Waals surface area contributed by atoms with Crippen LogP contribution in [0.3, 0.4) is 0 Å². The maximum Gasteiger partial charge on any atom is 0.0597 e. The highest BCUT2D eigenvalue weighted by Crippen LogP contribution is 1.96. The second kappa shape index (κ2) is 6.40. The van der Waals surface area contributed by atoms with E-state index >= 15 is 0 Å². The minimum Gasteiger partial charge on any atom is -0.395 e. The van der Waals surface area contributed by atoms with E-state index in [-0.39, 0.29) is 12.6 Å². The molecule has 0 saturated heterocycles. The van der Waals surface area contributed by atoms with Crippen molar-refractivity contribution in [1.82, 2.24) is 10.2 Å². The van der Waals surface area contributed by atoms with E-state index in [0.717, 1.165) is 13.1 Å². The molecule has 0 aromatic rings. The van der Waals surface area contributed by atoms with Gasteiger partial charge in [0.15, 0.2) is 0 Å². The highest BCUT2D eigenvalue weighted by atomic mass is 16.3. The fourth-order valence-corrected chi connectivity index (χ4v) is 1.31. The second-order valence-corrected chi connectivity index (χ2v) is 3.78. The molecule has 12 heavy (non-hydrogen) atoms. The van der Waals surface area contributed by atoms with Gasteiger partial charge in [-0.1, -0.05) is 13.8 Å². The van der Waals surface area contributed by atoms with Gasteiger partial charge in [-0.2, -0.15) is 0 Å². The van der Waals surface area contributed by atoms with Crippen LogP contribution in [-0.2, 0) is 0 Å². The van der Waals surface area contributed by atoms with Crippen LogP contribution in [0, 0.1) is 5.92 Å². The highest BCUT2D eigenvalue weighted by molar-refractivity contribution is 4.67. The summed E-state index contributed by atoms with van der Waals surface area (Å²) in [4.78, 5) is 2.24. The number of likely N-dealkylation sites (N-methyl/N-ethyl adjacent to an activating group) is 2. The van der Waals surface area contributed by atoms with E-state index in [1.165, 1.54) is 0 Å². The summed E-state index contributed by atoms with van der Waals surface area (Å²) in [5, 5.41) is 12.0. The molecule has 0 saturated carbocycles. The molecule has 0 aromatic heterocycles. The zero-order valence-electron chi connectivity index (χ0n) is 8.67. The number of nitrogens with one attached hydrogen (secondary N) is 1. The summed E-state index contributed by atoms with van der Waals surface area (Å²) in [7, 11) is 3.96. The number of aliphatic hydroxyl groups excluding tert-OH is 1. The summed E-state index contributed by atoms with van der Waals surface area (Å²) >= 11 is 0. The van der Waals surface area contributed by atoms with Crippen LogP contribution in [0.25, 0.3) is 0 Å². The van der Waals surface area contributed by atoms with Crippen molar-refractivity contribution in [3.8, 4) is 0 Å². The third-order valence-electron chi connectivity index (χ3n) is 1.84. The van der Waals surface area contributed by atoms with E-state index in [9.17, 15) is 0 Å². The first kappa shape index (κ1) is 11.9. The van der Waals surface area contributed by atoms with Crippen LogP contribution in [0.1, 0.15) is 13.8 Å². The van der Waals surface area contributed by atoms with Gasteiger partial charge in [0.1, 0.15) is 0 Å². The highest BCUT2D eigenvalue weighted by Gasteiger charge is 2.08. The molecule has 1 atom stereocenters. The molecule has 1 unspecified atom stereocenters. The van der Waals surface area contributed by atoms with Crippen molar-refractivity contribution < 1.29 is 5.11 Å². The quantitative estimate of drug-likeness (QED) is 0.602. The molecular formula is C9H22N2O. The molecule has 0 bridgehead atoms. The van der Waals surface area contributed by atoms with Gasteiger partial charge in [-0.25, -0.2) is 0 Å². The summed E-state index contributed by atoms with van der Waals surface area (Å²) < 4.78 is 0. The fraction of sp³-hybridized carbons (Fsp3) is 1.00. The Morgan fingerprint density at radius 1 is 1.33 bits per heavy atom. The summed E-state index contributed by atoms with van der Waals surface area (Å²) in [6.07, 6.45) is 0. The zero-order chi connectivity index (χ0) is 9.56. The summed E-state index contributed by atoms with van der Waals surface area (Å²) in [6, 6.07) is 0.203. The first-order valence-corrected chi connectivity index (χ1v) is 4.56. The van der Waals surface area contributed by atoms with Gasteiger partial charge in [-0.3, -0.25) is 0 Å². The van der Waals surface area contributed by atoms with Gasteiger partial charge in [0.25, 0.3) is 0 Å². The molecular weight excluding hydrogens is 152 g/mol. The van der Waals surface area contributed by atoms with Crippen molar-refractivity contribution in [3.05, 3.63) is 0 Å². The molecule has 0 aliphatic rings. The molecule has 0 spiro atoms. The first-order chi connectivity index (χ1) is 5.60. The van der Waals surface area contributed by atoms with Crippen molar-refractivity contribution in [2.24, 2.45) is 5.92 Å². The van der Waals surface area contributed by atoms with Crippen LogP contribution in [0.5, 0.6) is 0 Å². The van der Waals surface area contributed by atoms with Crippen LogP contribution in [0.2, 0.25) is 0 Å². The molecule has 2 N–H and O–H groups in total. The van der Waals surface area contributed by atoms with Crippen LogP contribution in [-0.4, -0.2) is 49.8 Å². The van der Waals surface area contributed by atoms with Crippen LogP contribution >= 0.6 is 0 Å². The Labute approximate surface area is 75.8 Å². The Hall–Kier alpha value is -0.120. The van der Waals surface area contributed by atoms with Crippen LogP contribution in [0.15, 0.2) is 0 Å². The standard InChI is InChI=1S/C9H22N2O/c1-8(2)5-11(4)6-9(7-12)10-3/h8-10,12H,5-7H2,1-4H3. The molecule has 0 radical (unpaired) electrons. The lowest BCUT2D eigenvalue weighted by atomic mass is 10.2. The van der Waals surface area contributed by atoms with Gasteiger partial charge in [0.2, 0.25) is 0 Å². The fourth-order valence-electron chi connectivity index (χ4n) is 1.31. The Bertz CT molecular complexity index is 103. The maximum absolute atomic E-state index is 8.92. The van der Waals surface area contributed by atoms with Crippen molar-refractivity contribution in [2.75, 3.05) is 33.8 Å². The van der Waals surface area contributed by atoms with Crippen LogP contribution < -0.4 is 5.32 Å². The molecule has 74 valence electrons. The molecule has 0 aromatic carbocycles. The largest absolute Gasteiger partial charge is 0.395 e. The van der Waals surface area contributed by atoms with E-state index in [4.69, 9.17) is 5.11 Å². The number of hydrogen-bond donors (Lipinski definition) is 2. The second-order valence-electron chi connectivity index (χ2n) is 3.78. The topological polar surface area (TPSA) is 35.5 Å². The van der Waals surface area contributed by atoms with E-state index in [0.29, 0.717) is 5.92 Å². The Morgan fingerprint density at radius 2 is 1.92 bits per heavy atom. The van der Waals surface area contributed by atoms with Gasteiger partial charge < -0.3 is 15.3 Å². The Kier molecular flexibility index (Phi) is 6.34. The average molecular weight is 174 g/mol. The number of nitrogens with zero attached hydrogens (tertiary/aromatic N) is 1. The van der Waals surface area contributed by atoms with Crippen LogP contribution in [0.4, 0.5) is 0 Å². The van der Waals surface area contributed by atoms with Crippen molar-refractivity contribution in [2.45, 2.75) is 19.9 Å². The lowest BCUT2D eigenvalue weighted by Gasteiger charge is -2.23. The predicted octanol–water partition coefficient (Wildman–Crippen LogP) is 0.154. The van der Waals surface area contributed by atoms with E-state index in [2.05, 4.69) is 31.1 Å². The zero-order valence-corrected chi connectivity index (χ0v) is 8.67. The molecule has 3 nitrogen and oxygen atoms in total. The third-order valence-corrected chi connectivity index (χ3v) is 1.84. The van der Waals surface area contributed by atoms with E-state index in [1.54, 1.807) is 0 Å². The predicted molar refractivity (Wildman–Crippen MR) is 52.3 cm³/mol. The number of hydrogen-bond acceptors (Lipinski definition) is 3. The van der Waals surface area contributed by atoms with Gasteiger partial charge >= 0.3 is 0 Å². The average Bonchev–Trinajstić information content (AvgIpc) is 1.98. The summed E-state index contributed by atoms with van der Waals surface area (Å²) in [5.41, 5.74) is 0. The van der Waals surface area contributed by atoms with E-state index in [1.807, 2.05) is 7.05 Å². The molecule has 0 aliphatic carbocycles. The van der Waals surface area contributed by atoms with Crippen molar-refractivity contribution in [1.29, 1.82) is 0 Å². The molecule has 0 aliphatic heterocycles. The Morgan fingerprint density at radius 3 is 2.25 bits per heavy atom. The molecule has 0 heterocycles. The summed E-state index contributed by atoms with van der Waals surface area (Å²) in [5.74, 6) is 0.686. The molecule has 0 fully saturated rings. The first-order valence-electron chi connectivity index (χ1n) is 4.56. The maximum atomic E-state index is 8.92. The SMILES string of the molecule is CNC(CO)CN(C)CC(C)C. The number of rotatable bonds is 6. The van der Waals surface area contributed by atoms with Gasteiger partial charge in [-0.05, 0) is 20.0 Å². The summed E-state index contributed by atoms with van der Waals surface area (Å²) in [6.45, 7) is 6.59. The van der Waals surface area contributed by atoms with Gasteiger partial charge in [0.05, 0.1) is 6.61 Å². The normalized spacial score (nSPS) is 14.2. The molecule has 3 heteroatoms. The lowest BCUT2D eigenvalue weighted by Crippen LogP contribution is -2.41.